The Labute approximate surface area is 174 Å². The predicted molar refractivity (Wildman–Crippen MR) is 119 cm³/mol. The molecular weight excluding hydrogens is 362 g/mol. The van der Waals surface area contributed by atoms with Gasteiger partial charge in [-0.2, -0.15) is 0 Å². The lowest BCUT2D eigenvalue weighted by Crippen LogP contribution is -2.54. The largest absolute Gasteiger partial charge is 0.506 e. The van der Waals surface area contributed by atoms with Crippen molar-refractivity contribution in [3.05, 3.63) is 59.2 Å². The number of hydrogen-bond donors (Lipinski definition) is 2. The zero-order valence-electron chi connectivity index (χ0n) is 18.0. The fourth-order valence-electron chi connectivity index (χ4n) is 4.06. The van der Waals surface area contributed by atoms with Gasteiger partial charge < -0.3 is 20.2 Å². The van der Waals surface area contributed by atoms with Crippen LogP contribution >= 0.6 is 0 Å². The second-order valence-electron chi connectivity index (χ2n) is 7.95. The molecule has 5 nitrogen and oxygen atoms in total. The molecule has 3 rings (SSSR count). The molecule has 0 spiro atoms. The number of phenolic OH excluding ortho intramolecular Hbond substituents is 1. The molecule has 0 bridgehead atoms. The molecule has 2 aromatic carbocycles. The minimum Gasteiger partial charge on any atom is -0.506 e. The molecule has 0 saturated carbocycles. The number of piperazine rings is 1. The van der Waals surface area contributed by atoms with Gasteiger partial charge in [-0.3, -0.25) is 4.79 Å². The first-order chi connectivity index (χ1) is 13.9. The fourth-order valence-corrected chi connectivity index (χ4v) is 4.06. The first-order valence-electron chi connectivity index (χ1n) is 10.6. The van der Waals surface area contributed by atoms with Crippen LogP contribution in [0.3, 0.4) is 0 Å². The minimum atomic E-state index is 0.0724. The van der Waals surface area contributed by atoms with Crippen LogP contribution in [-0.2, 0) is 6.42 Å². The van der Waals surface area contributed by atoms with Crippen LogP contribution in [0.15, 0.2) is 42.5 Å². The Bertz CT molecular complexity index is 831. The molecule has 1 saturated heterocycles. The van der Waals surface area contributed by atoms with E-state index in [0.717, 1.165) is 35.5 Å². The van der Waals surface area contributed by atoms with Crippen molar-refractivity contribution in [1.29, 1.82) is 0 Å². The zero-order valence-corrected chi connectivity index (χ0v) is 18.0. The molecule has 1 aliphatic heterocycles. The smallest absolute Gasteiger partial charge is 0.253 e. The van der Waals surface area contributed by atoms with Crippen LogP contribution in [0.5, 0.6) is 5.75 Å². The molecule has 1 heterocycles. The van der Waals surface area contributed by atoms with E-state index in [2.05, 4.69) is 30.1 Å². The molecule has 0 aromatic heterocycles. The normalized spacial score (nSPS) is 19.2. The van der Waals surface area contributed by atoms with E-state index >= 15 is 0 Å². The summed E-state index contributed by atoms with van der Waals surface area (Å²) >= 11 is 0. The average molecular weight is 396 g/mol. The zero-order chi connectivity index (χ0) is 21.0. The number of para-hydroxylation sites is 1. The molecule has 2 N–H and O–H groups in total. The maximum absolute atomic E-state index is 12.5. The second kappa shape index (κ2) is 9.31. The van der Waals surface area contributed by atoms with Gasteiger partial charge in [0, 0.05) is 43.8 Å². The summed E-state index contributed by atoms with van der Waals surface area (Å²) in [4.78, 5) is 16.7. The number of hydrogen-bond acceptors (Lipinski definition) is 4. The molecule has 1 fully saturated rings. The monoisotopic (exact) mass is 395 g/mol. The Hall–Kier alpha value is -2.53. The van der Waals surface area contributed by atoms with Crippen LogP contribution in [0.4, 0.5) is 5.69 Å². The third kappa shape index (κ3) is 4.73. The quantitative estimate of drug-likeness (QED) is 0.784. The number of anilines is 1. The maximum Gasteiger partial charge on any atom is 0.253 e. The number of nitrogens with zero attached hydrogens (tertiary/aromatic N) is 2. The van der Waals surface area contributed by atoms with Gasteiger partial charge in [0.05, 0.1) is 5.69 Å². The number of rotatable bonds is 6. The molecule has 2 aromatic rings. The van der Waals surface area contributed by atoms with Crippen LogP contribution in [0, 0.1) is 0 Å². The van der Waals surface area contributed by atoms with Gasteiger partial charge in [0.1, 0.15) is 5.75 Å². The molecule has 0 aliphatic carbocycles. The second-order valence-corrected chi connectivity index (χ2v) is 7.95. The summed E-state index contributed by atoms with van der Waals surface area (Å²) in [5.74, 6) is 0.403. The molecule has 156 valence electrons. The lowest BCUT2D eigenvalue weighted by Gasteiger charge is -2.40. The highest BCUT2D eigenvalue weighted by Gasteiger charge is 2.26. The Morgan fingerprint density at radius 1 is 1.14 bits per heavy atom. The van der Waals surface area contributed by atoms with Crippen molar-refractivity contribution in [2.75, 3.05) is 31.1 Å². The van der Waals surface area contributed by atoms with E-state index in [4.69, 9.17) is 0 Å². The number of benzene rings is 2. The van der Waals surface area contributed by atoms with E-state index in [0.29, 0.717) is 37.3 Å². The van der Waals surface area contributed by atoms with Gasteiger partial charge in [-0.05, 0) is 63.4 Å². The Morgan fingerprint density at radius 2 is 1.83 bits per heavy atom. The van der Waals surface area contributed by atoms with E-state index in [-0.39, 0.29) is 5.91 Å². The lowest BCUT2D eigenvalue weighted by molar-refractivity contribution is 0.0773. The molecular formula is C24H33N3O2. The van der Waals surface area contributed by atoms with Gasteiger partial charge in [0.15, 0.2) is 0 Å². The maximum atomic E-state index is 12.5. The average Bonchev–Trinajstić information content (AvgIpc) is 2.72. The van der Waals surface area contributed by atoms with Crippen LogP contribution in [0.1, 0.15) is 49.2 Å². The summed E-state index contributed by atoms with van der Waals surface area (Å²) < 4.78 is 0. The van der Waals surface area contributed by atoms with Crippen molar-refractivity contribution < 1.29 is 9.90 Å². The molecule has 0 radical (unpaired) electrons. The third-order valence-corrected chi connectivity index (χ3v) is 5.80. The summed E-state index contributed by atoms with van der Waals surface area (Å²) in [6.07, 6.45) is 0.717. The van der Waals surface area contributed by atoms with E-state index in [1.54, 1.807) is 6.07 Å². The van der Waals surface area contributed by atoms with Crippen molar-refractivity contribution >= 4 is 11.6 Å². The SMILES string of the molecule is CCN(CC)C(=O)c1ccc(Cc2cccc(O)c2N2CC(C)NCC2C)cc1. The molecule has 1 amide bonds. The van der Waals surface area contributed by atoms with Crippen molar-refractivity contribution in [3.8, 4) is 5.75 Å². The Morgan fingerprint density at radius 3 is 2.48 bits per heavy atom. The van der Waals surface area contributed by atoms with Gasteiger partial charge in [0.25, 0.3) is 5.91 Å². The minimum absolute atomic E-state index is 0.0724. The third-order valence-electron chi connectivity index (χ3n) is 5.80. The highest BCUT2D eigenvalue weighted by Crippen LogP contribution is 2.35. The molecule has 1 aliphatic rings. The highest BCUT2D eigenvalue weighted by molar-refractivity contribution is 5.94. The van der Waals surface area contributed by atoms with Gasteiger partial charge in [0.2, 0.25) is 0 Å². The van der Waals surface area contributed by atoms with E-state index < -0.39 is 0 Å². The number of phenols is 1. The Kier molecular flexibility index (Phi) is 6.80. The number of nitrogens with one attached hydrogen (secondary N) is 1. The van der Waals surface area contributed by atoms with Crippen LogP contribution in [0.25, 0.3) is 0 Å². The summed E-state index contributed by atoms with van der Waals surface area (Å²) in [5.41, 5.74) is 3.88. The van der Waals surface area contributed by atoms with Crippen LogP contribution < -0.4 is 10.2 Å². The van der Waals surface area contributed by atoms with E-state index in [1.807, 2.05) is 49.1 Å². The molecule has 29 heavy (non-hydrogen) atoms. The van der Waals surface area contributed by atoms with Gasteiger partial charge >= 0.3 is 0 Å². The standard InChI is InChI=1S/C24H33N3O2/c1-5-26(6-2)24(29)20-12-10-19(11-13-20)14-21-8-7-9-22(28)23(21)27-16-17(3)25-15-18(27)4/h7-13,17-18,25,28H,5-6,14-16H2,1-4H3. The first kappa shape index (κ1) is 21.2. The van der Waals surface area contributed by atoms with Crippen molar-refractivity contribution in [2.24, 2.45) is 0 Å². The Balaban J connectivity index is 1.84. The van der Waals surface area contributed by atoms with E-state index in [9.17, 15) is 9.90 Å². The summed E-state index contributed by atoms with van der Waals surface area (Å²) in [6, 6.07) is 14.3. The molecule has 2 atom stereocenters. The van der Waals surface area contributed by atoms with Gasteiger partial charge in [-0.1, -0.05) is 24.3 Å². The summed E-state index contributed by atoms with van der Waals surface area (Å²) in [5, 5.41) is 14.1. The number of aromatic hydroxyl groups is 1. The number of carbonyl (C=O) groups excluding carboxylic acids is 1. The van der Waals surface area contributed by atoms with Crippen molar-refractivity contribution in [2.45, 2.75) is 46.2 Å². The lowest BCUT2D eigenvalue weighted by atomic mass is 9.99. The van der Waals surface area contributed by atoms with Crippen LogP contribution in [-0.4, -0.2) is 54.2 Å². The number of carbonyl (C=O) groups is 1. The molecule has 5 heteroatoms. The van der Waals surface area contributed by atoms with E-state index in [1.165, 1.54) is 0 Å². The van der Waals surface area contributed by atoms with Crippen molar-refractivity contribution in [1.82, 2.24) is 10.2 Å². The number of amides is 1. The summed E-state index contributed by atoms with van der Waals surface area (Å²) in [7, 11) is 0. The van der Waals surface area contributed by atoms with Crippen molar-refractivity contribution in [3.63, 3.8) is 0 Å². The van der Waals surface area contributed by atoms with Crippen LogP contribution in [0.2, 0.25) is 0 Å². The summed E-state index contributed by atoms with van der Waals surface area (Å²) in [6.45, 7) is 11.5. The van der Waals surface area contributed by atoms with Gasteiger partial charge in [-0.25, -0.2) is 0 Å². The molecule has 2 unspecified atom stereocenters. The topological polar surface area (TPSA) is 55.8 Å². The fraction of sp³-hybridized carbons (Fsp3) is 0.458. The highest BCUT2D eigenvalue weighted by atomic mass is 16.3. The predicted octanol–water partition coefficient (Wildman–Crippen LogP) is 3.65. The van der Waals surface area contributed by atoms with Gasteiger partial charge in [-0.15, -0.1) is 0 Å². The first-order valence-corrected chi connectivity index (χ1v) is 10.6.